The van der Waals surface area contributed by atoms with Crippen LogP contribution in [0.25, 0.3) is 21.5 Å². The molecule has 0 spiro atoms. The minimum Gasteiger partial charge on any atom is -0.337 e. The van der Waals surface area contributed by atoms with Crippen molar-refractivity contribution in [1.29, 1.82) is 0 Å². The minimum absolute atomic E-state index is 0.766. The maximum Gasteiger partial charge on any atom is 0.0493 e. The van der Waals surface area contributed by atoms with E-state index in [1.807, 2.05) is 6.08 Å². The number of rotatable bonds is 4. The molecular formula is C23H19N. The van der Waals surface area contributed by atoms with Crippen molar-refractivity contribution in [3.8, 4) is 0 Å². The molecule has 0 aliphatic heterocycles. The Morgan fingerprint density at radius 1 is 0.625 bits per heavy atom. The van der Waals surface area contributed by atoms with Gasteiger partial charge in [0.15, 0.2) is 0 Å². The molecule has 0 radical (unpaired) electrons. The lowest BCUT2D eigenvalue weighted by molar-refractivity contribution is 1.12. The third kappa shape index (κ3) is 2.44. The van der Waals surface area contributed by atoms with Gasteiger partial charge in [0.2, 0.25) is 0 Å². The van der Waals surface area contributed by atoms with Crippen molar-refractivity contribution in [3.63, 3.8) is 0 Å². The molecule has 4 rings (SSSR count). The first kappa shape index (κ1) is 14.5. The van der Waals surface area contributed by atoms with Crippen LogP contribution in [0.15, 0.2) is 97.6 Å². The largest absolute Gasteiger partial charge is 0.337 e. The Morgan fingerprint density at radius 2 is 1.08 bits per heavy atom. The molecule has 0 aromatic heterocycles. The Kier molecular flexibility index (Phi) is 3.76. The molecule has 0 aliphatic rings. The summed E-state index contributed by atoms with van der Waals surface area (Å²) in [5, 5.41) is 5.03. The van der Waals surface area contributed by atoms with E-state index in [1.165, 1.54) is 32.9 Å². The van der Waals surface area contributed by atoms with Gasteiger partial charge in [-0.1, -0.05) is 78.9 Å². The second kappa shape index (κ2) is 6.21. The van der Waals surface area contributed by atoms with Crippen LogP contribution in [0.5, 0.6) is 0 Å². The molecule has 0 fully saturated rings. The Labute approximate surface area is 142 Å². The van der Waals surface area contributed by atoms with Crippen LogP contribution >= 0.6 is 0 Å². The van der Waals surface area contributed by atoms with E-state index < -0.39 is 0 Å². The van der Waals surface area contributed by atoms with Crippen LogP contribution in [0.4, 0.5) is 11.4 Å². The van der Waals surface area contributed by atoms with E-state index in [1.54, 1.807) is 0 Å². The summed E-state index contributed by atoms with van der Waals surface area (Å²) in [6.45, 7) is 4.74. The molecule has 0 bridgehead atoms. The van der Waals surface area contributed by atoms with Crippen LogP contribution in [0.3, 0.4) is 0 Å². The van der Waals surface area contributed by atoms with Crippen LogP contribution in [-0.4, -0.2) is 6.54 Å². The van der Waals surface area contributed by atoms with Crippen molar-refractivity contribution in [2.24, 2.45) is 0 Å². The predicted octanol–water partition coefficient (Wildman–Crippen LogP) is 6.32. The Bertz CT molecular complexity index is 927. The van der Waals surface area contributed by atoms with Gasteiger partial charge in [-0.05, 0) is 22.9 Å². The fraction of sp³-hybridized carbons (Fsp3) is 0.0435. The summed E-state index contributed by atoms with van der Waals surface area (Å²) >= 11 is 0. The average molecular weight is 309 g/mol. The lowest BCUT2D eigenvalue weighted by Gasteiger charge is -2.26. The molecule has 0 unspecified atom stereocenters. The summed E-state index contributed by atoms with van der Waals surface area (Å²) < 4.78 is 0. The highest BCUT2D eigenvalue weighted by atomic mass is 15.1. The molecule has 0 saturated carbocycles. The van der Waals surface area contributed by atoms with E-state index in [2.05, 4.69) is 96.4 Å². The lowest BCUT2D eigenvalue weighted by Crippen LogP contribution is -2.17. The number of hydrogen-bond donors (Lipinski definition) is 0. The predicted molar refractivity (Wildman–Crippen MR) is 105 cm³/mol. The molecule has 1 nitrogen and oxygen atoms in total. The molecular weight excluding hydrogens is 290 g/mol. The monoisotopic (exact) mass is 309 g/mol. The summed E-state index contributed by atoms with van der Waals surface area (Å²) in [4.78, 5) is 2.34. The van der Waals surface area contributed by atoms with Gasteiger partial charge < -0.3 is 4.90 Å². The topological polar surface area (TPSA) is 3.24 Å². The molecule has 24 heavy (non-hydrogen) atoms. The molecule has 4 aromatic carbocycles. The molecule has 0 heterocycles. The van der Waals surface area contributed by atoms with E-state index >= 15 is 0 Å². The molecule has 4 aromatic rings. The molecule has 0 saturated heterocycles. The van der Waals surface area contributed by atoms with Crippen molar-refractivity contribution >= 4 is 32.9 Å². The molecule has 0 amide bonds. The highest BCUT2D eigenvalue weighted by molar-refractivity contribution is 6.01. The van der Waals surface area contributed by atoms with Gasteiger partial charge in [-0.3, -0.25) is 0 Å². The van der Waals surface area contributed by atoms with Gasteiger partial charge in [0.1, 0.15) is 0 Å². The normalized spacial score (nSPS) is 10.8. The highest BCUT2D eigenvalue weighted by Crippen LogP contribution is 2.36. The second-order valence-corrected chi connectivity index (χ2v) is 5.90. The fourth-order valence-electron chi connectivity index (χ4n) is 3.34. The van der Waals surface area contributed by atoms with Crippen LogP contribution < -0.4 is 4.90 Å². The Balaban J connectivity index is 1.98. The summed E-state index contributed by atoms with van der Waals surface area (Å²) in [5.74, 6) is 0. The van der Waals surface area contributed by atoms with E-state index in [-0.39, 0.29) is 0 Å². The number of anilines is 2. The van der Waals surface area contributed by atoms with Gasteiger partial charge in [-0.15, -0.1) is 6.58 Å². The maximum absolute atomic E-state index is 3.97. The maximum atomic E-state index is 3.97. The van der Waals surface area contributed by atoms with Gasteiger partial charge in [0.05, 0.1) is 0 Å². The lowest BCUT2D eigenvalue weighted by atomic mass is 10.0. The third-order valence-corrected chi connectivity index (χ3v) is 4.43. The average Bonchev–Trinajstić information content (AvgIpc) is 2.65. The zero-order valence-corrected chi connectivity index (χ0v) is 13.5. The van der Waals surface area contributed by atoms with Gasteiger partial charge in [0.25, 0.3) is 0 Å². The van der Waals surface area contributed by atoms with E-state index in [4.69, 9.17) is 0 Å². The fourth-order valence-corrected chi connectivity index (χ4v) is 3.34. The summed E-state index contributed by atoms with van der Waals surface area (Å²) in [5.41, 5.74) is 2.42. The van der Waals surface area contributed by atoms with Gasteiger partial charge in [0, 0.05) is 28.7 Å². The zero-order valence-electron chi connectivity index (χ0n) is 13.5. The molecule has 1 heteroatoms. The quantitative estimate of drug-likeness (QED) is 0.399. The van der Waals surface area contributed by atoms with Crippen LogP contribution in [-0.2, 0) is 0 Å². The number of nitrogens with zero attached hydrogens (tertiary/aromatic N) is 1. The standard InChI is InChI=1S/C23H19N/c1-2-17-24(22-15-7-11-18-9-3-5-13-20(18)22)23-16-8-12-19-10-4-6-14-21(19)23/h2-16H,1,17H2. The molecule has 0 N–H and O–H groups in total. The van der Waals surface area contributed by atoms with Crippen LogP contribution in [0.2, 0.25) is 0 Å². The first-order chi connectivity index (χ1) is 11.9. The first-order valence-electron chi connectivity index (χ1n) is 8.22. The van der Waals surface area contributed by atoms with Crippen molar-refractivity contribution < 1.29 is 0 Å². The number of hydrogen-bond acceptors (Lipinski definition) is 1. The van der Waals surface area contributed by atoms with Crippen LogP contribution in [0.1, 0.15) is 0 Å². The van der Waals surface area contributed by atoms with E-state index in [9.17, 15) is 0 Å². The summed E-state index contributed by atoms with van der Waals surface area (Å²) in [6, 6.07) is 30.0. The van der Waals surface area contributed by atoms with Crippen molar-refractivity contribution in [3.05, 3.63) is 97.6 Å². The van der Waals surface area contributed by atoms with Gasteiger partial charge in [-0.25, -0.2) is 0 Å². The smallest absolute Gasteiger partial charge is 0.0493 e. The third-order valence-electron chi connectivity index (χ3n) is 4.43. The minimum atomic E-state index is 0.766. The van der Waals surface area contributed by atoms with Gasteiger partial charge >= 0.3 is 0 Å². The van der Waals surface area contributed by atoms with Crippen LogP contribution in [0, 0.1) is 0 Å². The summed E-state index contributed by atoms with van der Waals surface area (Å²) in [6.07, 6.45) is 1.96. The highest BCUT2D eigenvalue weighted by Gasteiger charge is 2.13. The SMILES string of the molecule is C=CCN(c1cccc2ccccc12)c1cccc2ccccc12. The summed E-state index contributed by atoms with van der Waals surface area (Å²) in [7, 11) is 0. The molecule has 0 atom stereocenters. The Hall–Kier alpha value is -3.06. The number of fused-ring (bicyclic) bond motifs is 2. The molecule has 0 aliphatic carbocycles. The Morgan fingerprint density at radius 3 is 1.58 bits per heavy atom. The molecule has 116 valence electrons. The van der Waals surface area contributed by atoms with Crippen molar-refractivity contribution in [2.75, 3.05) is 11.4 Å². The zero-order chi connectivity index (χ0) is 16.4. The number of benzene rings is 4. The second-order valence-electron chi connectivity index (χ2n) is 5.90. The van der Waals surface area contributed by atoms with E-state index in [0.29, 0.717) is 0 Å². The van der Waals surface area contributed by atoms with Gasteiger partial charge in [-0.2, -0.15) is 0 Å². The van der Waals surface area contributed by atoms with Crippen molar-refractivity contribution in [2.45, 2.75) is 0 Å². The van der Waals surface area contributed by atoms with Crippen molar-refractivity contribution in [1.82, 2.24) is 0 Å². The van der Waals surface area contributed by atoms with E-state index in [0.717, 1.165) is 6.54 Å². The first-order valence-corrected chi connectivity index (χ1v) is 8.22.